The van der Waals surface area contributed by atoms with Gasteiger partial charge in [-0.3, -0.25) is 0 Å². The second-order valence-electron chi connectivity index (χ2n) is 3.97. The maximum atomic E-state index is 13.2. The van der Waals surface area contributed by atoms with Gasteiger partial charge in [0.05, 0.1) is 0 Å². The van der Waals surface area contributed by atoms with Gasteiger partial charge in [-0.15, -0.1) is 10.2 Å². The second-order valence-corrected chi connectivity index (χ2v) is 4.93. The molecule has 0 saturated carbocycles. The normalized spacial score (nSPS) is 25.8. The molecule has 1 unspecified atom stereocenters. The average molecular weight is 263 g/mol. The Balaban J connectivity index is 2.13. The Morgan fingerprint density at radius 3 is 2.88 bits per heavy atom. The van der Waals surface area contributed by atoms with Crippen LogP contribution in [0.15, 0.2) is 6.33 Å². The number of nitrogens with one attached hydrogen (secondary N) is 1. The molecule has 92 valence electrons. The van der Waals surface area contributed by atoms with Gasteiger partial charge in [0.15, 0.2) is 0 Å². The minimum Gasteiger partial charge on any atom is -0.315 e. The lowest BCUT2D eigenvalue weighted by atomic mass is 9.87. The molecule has 0 radical (unpaired) electrons. The van der Waals surface area contributed by atoms with Crippen LogP contribution >= 0.6 is 11.3 Å². The number of alkyl halides is 3. The third kappa shape index (κ3) is 1.45. The molecule has 9 heteroatoms. The van der Waals surface area contributed by atoms with Gasteiger partial charge in [0.1, 0.15) is 16.7 Å². The number of nitrogens with zero attached hydrogens (tertiary/aromatic N) is 4. The number of fused-ring (bicyclic) bond motifs is 1. The van der Waals surface area contributed by atoms with Crippen LogP contribution in [0.1, 0.15) is 11.4 Å². The maximum absolute atomic E-state index is 13.2. The van der Waals surface area contributed by atoms with Crippen LogP contribution in [-0.4, -0.2) is 39.1 Å². The molecule has 0 aromatic carbocycles. The summed E-state index contributed by atoms with van der Waals surface area (Å²) in [5.41, 5.74) is -1.88. The third-order valence-corrected chi connectivity index (χ3v) is 4.11. The fraction of sp³-hybridized carbons (Fsp3) is 0.625. The van der Waals surface area contributed by atoms with Gasteiger partial charge < -0.3 is 5.32 Å². The van der Waals surface area contributed by atoms with Crippen molar-refractivity contribution in [1.82, 2.24) is 25.1 Å². The standard InChI is InChI=1S/C8H8F3N5S/c9-8(10,11)7(1-2-12-3-7)5-15-16-4-13-14-6(16)17-5/h4,12H,1-3H2. The molecule has 2 aromatic rings. The SMILES string of the molecule is FC(F)(F)C1(c2nn3cnnc3s2)CCNC1. The van der Waals surface area contributed by atoms with E-state index in [0.717, 1.165) is 11.3 Å². The van der Waals surface area contributed by atoms with Crippen molar-refractivity contribution in [3.8, 4) is 0 Å². The molecule has 1 atom stereocenters. The fourth-order valence-corrected chi connectivity index (χ4v) is 3.05. The second kappa shape index (κ2) is 3.39. The number of rotatable bonds is 1. The van der Waals surface area contributed by atoms with Gasteiger partial charge in [0.25, 0.3) is 0 Å². The molecule has 2 aromatic heterocycles. The molecule has 1 aliphatic heterocycles. The highest BCUT2D eigenvalue weighted by molar-refractivity contribution is 7.16. The van der Waals surface area contributed by atoms with Gasteiger partial charge in [-0.1, -0.05) is 11.3 Å². The van der Waals surface area contributed by atoms with E-state index in [9.17, 15) is 13.2 Å². The Hall–Kier alpha value is -1.22. The zero-order chi connectivity index (χ0) is 12.1. The molecule has 1 saturated heterocycles. The van der Waals surface area contributed by atoms with Gasteiger partial charge in [-0.2, -0.15) is 22.8 Å². The Labute approximate surface area is 97.7 Å². The first kappa shape index (κ1) is 10.9. The lowest BCUT2D eigenvalue weighted by molar-refractivity contribution is -0.185. The number of hydrogen-bond donors (Lipinski definition) is 1. The molecule has 0 spiro atoms. The van der Waals surface area contributed by atoms with Crippen molar-refractivity contribution >= 4 is 16.3 Å². The molecule has 17 heavy (non-hydrogen) atoms. The fourth-order valence-electron chi connectivity index (χ4n) is 1.99. The lowest BCUT2D eigenvalue weighted by Gasteiger charge is -2.27. The summed E-state index contributed by atoms with van der Waals surface area (Å²) in [4.78, 5) is 0.385. The Bertz CT molecular complexity index is 510. The Morgan fingerprint density at radius 1 is 1.47 bits per heavy atom. The van der Waals surface area contributed by atoms with E-state index in [1.165, 1.54) is 10.8 Å². The van der Waals surface area contributed by atoms with Crippen LogP contribution in [0.25, 0.3) is 4.96 Å². The summed E-state index contributed by atoms with van der Waals surface area (Å²) in [7, 11) is 0. The highest BCUT2D eigenvalue weighted by atomic mass is 32.1. The van der Waals surface area contributed by atoms with Crippen LogP contribution < -0.4 is 5.32 Å². The predicted octanol–water partition coefficient (Wildman–Crippen LogP) is 0.979. The average Bonchev–Trinajstić information content (AvgIpc) is 2.90. The summed E-state index contributed by atoms with van der Waals surface area (Å²) in [6, 6.07) is 0. The molecule has 3 rings (SSSR count). The maximum Gasteiger partial charge on any atom is 0.402 e. The first-order valence-corrected chi connectivity index (χ1v) is 5.79. The van der Waals surface area contributed by atoms with Crippen LogP contribution in [-0.2, 0) is 5.41 Å². The zero-order valence-corrected chi connectivity index (χ0v) is 9.35. The summed E-state index contributed by atoms with van der Waals surface area (Å²) < 4.78 is 40.9. The molecular formula is C8H8F3N5S. The van der Waals surface area contributed by atoms with Crippen molar-refractivity contribution in [3.63, 3.8) is 0 Å². The van der Waals surface area contributed by atoms with E-state index in [1.54, 1.807) is 0 Å². The smallest absolute Gasteiger partial charge is 0.315 e. The van der Waals surface area contributed by atoms with Gasteiger partial charge in [0, 0.05) is 6.54 Å². The molecule has 0 amide bonds. The number of halogens is 3. The summed E-state index contributed by atoms with van der Waals surface area (Å²) in [5.74, 6) is 0. The van der Waals surface area contributed by atoms with Gasteiger partial charge in [-0.25, -0.2) is 0 Å². The minimum atomic E-state index is -4.31. The molecular weight excluding hydrogens is 255 g/mol. The van der Waals surface area contributed by atoms with Crippen LogP contribution in [0.5, 0.6) is 0 Å². The quantitative estimate of drug-likeness (QED) is 0.833. The van der Waals surface area contributed by atoms with Gasteiger partial charge in [-0.05, 0) is 13.0 Å². The van der Waals surface area contributed by atoms with Crippen molar-refractivity contribution in [1.29, 1.82) is 0 Å². The highest BCUT2D eigenvalue weighted by Gasteiger charge is 2.59. The van der Waals surface area contributed by atoms with Crippen molar-refractivity contribution in [3.05, 3.63) is 11.3 Å². The van der Waals surface area contributed by atoms with E-state index in [4.69, 9.17) is 0 Å². The van der Waals surface area contributed by atoms with Crippen LogP contribution in [0.4, 0.5) is 13.2 Å². The molecule has 1 aliphatic rings. The molecule has 0 bridgehead atoms. The summed E-state index contributed by atoms with van der Waals surface area (Å²) in [6.45, 7) is 0.222. The predicted molar refractivity (Wildman–Crippen MR) is 53.9 cm³/mol. The van der Waals surface area contributed by atoms with Crippen LogP contribution in [0, 0.1) is 0 Å². The van der Waals surface area contributed by atoms with E-state index < -0.39 is 11.6 Å². The molecule has 0 aliphatic carbocycles. The van der Waals surface area contributed by atoms with E-state index in [-0.39, 0.29) is 18.0 Å². The molecule has 5 nitrogen and oxygen atoms in total. The van der Waals surface area contributed by atoms with Crippen molar-refractivity contribution in [2.45, 2.75) is 18.0 Å². The first-order chi connectivity index (χ1) is 8.03. The lowest BCUT2D eigenvalue weighted by Crippen LogP contribution is -2.44. The van der Waals surface area contributed by atoms with E-state index in [0.29, 0.717) is 11.5 Å². The molecule has 3 heterocycles. The topological polar surface area (TPSA) is 55.1 Å². The Kier molecular flexibility index (Phi) is 2.17. The molecule has 1 fully saturated rings. The Morgan fingerprint density at radius 2 is 2.29 bits per heavy atom. The van der Waals surface area contributed by atoms with Gasteiger partial charge >= 0.3 is 6.18 Å². The first-order valence-electron chi connectivity index (χ1n) is 4.98. The number of hydrogen-bond acceptors (Lipinski definition) is 5. The largest absolute Gasteiger partial charge is 0.402 e. The summed E-state index contributed by atoms with van der Waals surface area (Å²) >= 11 is 0.945. The summed E-state index contributed by atoms with van der Waals surface area (Å²) in [6.07, 6.45) is -2.98. The van der Waals surface area contributed by atoms with Crippen LogP contribution in [0.2, 0.25) is 0 Å². The number of aromatic nitrogens is 4. The van der Waals surface area contributed by atoms with Crippen molar-refractivity contribution < 1.29 is 13.2 Å². The van der Waals surface area contributed by atoms with Gasteiger partial charge in [0.2, 0.25) is 4.96 Å². The highest BCUT2D eigenvalue weighted by Crippen LogP contribution is 2.46. The molecule has 1 N–H and O–H groups in total. The third-order valence-electron chi connectivity index (χ3n) is 2.99. The van der Waals surface area contributed by atoms with Crippen molar-refractivity contribution in [2.24, 2.45) is 0 Å². The summed E-state index contributed by atoms with van der Waals surface area (Å²) in [5, 5.41) is 14.0. The van der Waals surface area contributed by atoms with E-state index in [2.05, 4.69) is 20.6 Å². The van der Waals surface area contributed by atoms with E-state index in [1.807, 2.05) is 0 Å². The van der Waals surface area contributed by atoms with Crippen molar-refractivity contribution in [2.75, 3.05) is 13.1 Å². The minimum absolute atomic E-state index is 0.0145. The zero-order valence-electron chi connectivity index (χ0n) is 8.53. The van der Waals surface area contributed by atoms with Crippen LogP contribution in [0.3, 0.4) is 0 Å². The monoisotopic (exact) mass is 263 g/mol. The van der Waals surface area contributed by atoms with E-state index >= 15 is 0 Å².